The van der Waals surface area contributed by atoms with Gasteiger partial charge in [-0.1, -0.05) is 0 Å². The van der Waals surface area contributed by atoms with E-state index in [0.29, 0.717) is 30.7 Å². The molecule has 0 spiro atoms. The van der Waals surface area contributed by atoms with E-state index in [9.17, 15) is 4.79 Å². The van der Waals surface area contributed by atoms with E-state index in [1.807, 2.05) is 0 Å². The molecule has 0 radical (unpaired) electrons. The van der Waals surface area contributed by atoms with Crippen molar-refractivity contribution in [3.8, 4) is 0 Å². The van der Waals surface area contributed by atoms with E-state index >= 15 is 0 Å². The summed E-state index contributed by atoms with van der Waals surface area (Å²) < 4.78 is 4.83. The van der Waals surface area contributed by atoms with Crippen molar-refractivity contribution in [2.75, 3.05) is 24.2 Å². The molecule has 3 nitrogen and oxygen atoms in total. The Labute approximate surface area is 88.2 Å². The van der Waals surface area contributed by atoms with Crippen LogP contribution in [0.3, 0.4) is 0 Å². The largest absolute Gasteiger partial charge is 0.449 e. The number of halogens is 1. The molecule has 0 heterocycles. The minimum absolute atomic E-state index is 0.309. The molecule has 0 atom stereocenters. The van der Waals surface area contributed by atoms with Gasteiger partial charge in [0.15, 0.2) is 0 Å². The number of hydrogen-bond acceptors (Lipinski definition) is 4. The second kappa shape index (κ2) is 7.89. The number of ether oxygens (including phenoxy) is 1. The molecular formula is C6H12ClNO2S2. The highest BCUT2D eigenvalue weighted by Gasteiger charge is 2.09. The first-order valence-corrected chi connectivity index (χ1v) is 5.25. The van der Waals surface area contributed by atoms with Crippen LogP contribution in [0.2, 0.25) is 0 Å². The lowest BCUT2D eigenvalue weighted by molar-refractivity contribution is 0.115. The molecule has 0 saturated heterocycles. The third kappa shape index (κ3) is 5.00. The number of rotatable bonds is 5. The lowest BCUT2D eigenvalue weighted by atomic mass is 10.5. The minimum Gasteiger partial charge on any atom is -0.449 e. The van der Waals surface area contributed by atoms with Crippen LogP contribution in [-0.2, 0) is 4.74 Å². The molecule has 72 valence electrons. The van der Waals surface area contributed by atoms with Gasteiger partial charge in [0, 0.05) is 5.88 Å². The Bertz CT molecular complexity index is 133. The Morgan fingerprint density at radius 3 is 2.42 bits per heavy atom. The third-order valence-corrected chi connectivity index (χ3v) is 2.05. The normalized spacial score (nSPS) is 9.58. The molecule has 0 aliphatic carbocycles. The fraction of sp³-hybridized carbons (Fsp3) is 0.833. The van der Waals surface area contributed by atoms with Gasteiger partial charge in [-0.15, -0.1) is 11.6 Å². The molecule has 6 heteroatoms. The summed E-state index contributed by atoms with van der Waals surface area (Å²) in [6.45, 7) is 0.348. The Hall–Kier alpha value is 0.260. The molecule has 12 heavy (non-hydrogen) atoms. The predicted octanol–water partition coefficient (Wildman–Crippen LogP) is 1.83. The molecule has 0 aliphatic heterocycles. The van der Waals surface area contributed by atoms with Gasteiger partial charge in [-0.3, -0.25) is 4.90 Å². The van der Waals surface area contributed by atoms with Gasteiger partial charge in [-0.25, -0.2) is 4.79 Å². The van der Waals surface area contributed by atoms with Gasteiger partial charge in [0.25, 0.3) is 0 Å². The number of nitrogens with zero attached hydrogens (tertiary/aromatic N) is 1. The highest BCUT2D eigenvalue weighted by molar-refractivity contribution is 7.81. The van der Waals surface area contributed by atoms with E-state index in [4.69, 9.17) is 16.3 Å². The number of carbonyl (C=O) groups excluding carboxylic acids is 1. The van der Waals surface area contributed by atoms with E-state index in [0.717, 1.165) is 0 Å². The zero-order valence-corrected chi connectivity index (χ0v) is 9.12. The van der Waals surface area contributed by atoms with Gasteiger partial charge in [-0.05, 0) is 6.42 Å². The van der Waals surface area contributed by atoms with Crippen LogP contribution in [0.5, 0.6) is 0 Å². The van der Waals surface area contributed by atoms with Gasteiger partial charge in [0.1, 0.15) is 0 Å². The predicted molar refractivity (Wildman–Crippen MR) is 56.2 cm³/mol. The summed E-state index contributed by atoms with van der Waals surface area (Å²) in [6.07, 6.45) is 0.269. The topological polar surface area (TPSA) is 29.5 Å². The number of hydrogen-bond donors (Lipinski definition) is 2. The van der Waals surface area contributed by atoms with Crippen LogP contribution in [-0.4, -0.2) is 35.2 Å². The van der Waals surface area contributed by atoms with Crippen molar-refractivity contribution in [3.05, 3.63) is 0 Å². The van der Waals surface area contributed by atoms with E-state index in [2.05, 4.69) is 25.3 Å². The van der Waals surface area contributed by atoms with Gasteiger partial charge in [0.05, 0.1) is 18.4 Å². The van der Waals surface area contributed by atoms with E-state index in [1.165, 1.54) is 4.90 Å². The van der Waals surface area contributed by atoms with Gasteiger partial charge < -0.3 is 4.74 Å². The Morgan fingerprint density at radius 1 is 1.42 bits per heavy atom. The maximum absolute atomic E-state index is 11.0. The Kier molecular flexibility index (Phi) is 8.06. The van der Waals surface area contributed by atoms with Gasteiger partial charge in [-0.2, -0.15) is 25.3 Å². The Balaban J connectivity index is 3.54. The smallest absolute Gasteiger partial charge is 0.411 e. The highest BCUT2D eigenvalue weighted by atomic mass is 35.5. The molecule has 0 saturated carbocycles. The quantitative estimate of drug-likeness (QED) is 0.326. The van der Waals surface area contributed by atoms with Gasteiger partial charge in [0.2, 0.25) is 0 Å². The molecule has 0 bridgehead atoms. The monoisotopic (exact) mass is 229 g/mol. The molecule has 0 aliphatic rings. The summed E-state index contributed by atoms with van der Waals surface area (Å²) in [4.78, 5) is 12.4. The van der Waals surface area contributed by atoms with Crippen LogP contribution in [0.1, 0.15) is 6.42 Å². The molecule has 0 N–H and O–H groups in total. The second-order valence-electron chi connectivity index (χ2n) is 1.98. The number of amides is 1. The standard InChI is InChI=1S/C6H12ClNO2S2/c7-2-1-3-10-6(9)8(4-11)5-12/h11-12H,1-5H2. The first-order valence-electron chi connectivity index (χ1n) is 3.45. The van der Waals surface area contributed by atoms with E-state index < -0.39 is 6.09 Å². The van der Waals surface area contributed by atoms with Gasteiger partial charge >= 0.3 is 6.09 Å². The molecule has 0 rings (SSSR count). The lowest BCUT2D eigenvalue weighted by Crippen LogP contribution is -2.29. The summed E-state index contributed by atoms with van der Waals surface area (Å²) in [5, 5.41) is 0. The fourth-order valence-electron chi connectivity index (χ4n) is 0.466. The molecule has 0 aromatic heterocycles. The first kappa shape index (κ1) is 12.3. The summed E-state index contributed by atoms with van der Waals surface area (Å²) in [7, 11) is 0. The second-order valence-corrected chi connectivity index (χ2v) is 2.92. The zero-order chi connectivity index (χ0) is 9.40. The zero-order valence-electron chi connectivity index (χ0n) is 6.57. The van der Waals surface area contributed by atoms with E-state index in [-0.39, 0.29) is 0 Å². The van der Waals surface area contributed by atoms with Crippen LogP contribution in [0.15, 0.2) is 0 Å². The number of carbonyl (C=O) groups is 1. The molecule has 0 fully saturated rings. The average Bonchev–Trinajstić information content (AvgIpc) is 2.07. The average molecular weight is 230 g/mol. The summed E-state index contributed by atoms with van der Waals surface area (Å²) in [5.41, 5.74) is 0. The maximum atomic E-state index is 11.0. The van der Waals surface area contributed by atoms with Crippen molar-refractivity contribution in [2.45, 2.75) is 6.42 Å². The van der Waals surface area contributed by atoms with E-state index in [1.54, 1.807) is 0 Å². The van der Waals surface area contributed by atoms with Crippen LogP contribution < -0.4 is 0 Å². The SMILES string of the molecule is O=C(OCCCCl)N(CS)CS. The fourth-order valence-corrected chi connectivity index (χ4v) is 1.16. The molecule has 1 amide bonds. The molecule has 0 unspecified atom stereocenters. The van der Waals surface area contributed by atoms with Crippen LogP contribution >= 0.6 is 36.9 Å². The van der Waals surface area contributed by atoms with Crippen molar-refractivity contribution in [3.63, 3.8) is 0 Å². The minimum atomic E-state index is -0.398. The highest BCUT2D eigenvalue weighted by Crippen LogP contribution is 1.98. The summed E-state index contributed by atoms with van der Waals surface area (Å²) >= 11 is 13.3. The van der Waals surface area contributed by atoms with Crippen LogP contribution in [0.25, 0.3) is 0 Å². The summed E-state index contributed by atoms with van der Waals surface area (Å²) in [6, 6.07) is 0. The first-order chi connectivity index (χ1) is 5.76. The lowest BCUT2D eigenvalue weighted by Gasteiger charge is -2.16. The van der Waals surface area contributed by atoms with Crippen molar-refractivity contribution < 1.29 is 9.53 Å². The number of alkyl halides is 1. The Morgan fingerprint density at radius 2 is 2.00 bits per heavy atom. The maximum Gasteiger partial charge on any atom is 0.411 e. The third-order valence-electron chi connectivity index (χ3n) is 1.10. The summed E-state index contributed by atoms with van der Waals surface area (Å²) in [5.74, 6) is 1.11. The van der Waals surface area contributed by atoms with Crippen LogP contribution in [0, 0.1) is 0 Å². The van der Waals surface area contributed by atoms with Crippen molar-refractivity contribution in [1.82, 2.24) is 4.90 Å². The van der Waals surface area contributed by atoms with Crippen molar-refractivity contribution in [2.24, 2.45) is 0 Å². The van der Waals surface area contributed by atoms with Crippen LogP contribution in [0.4, 0.5) is 4.79 Å². The molecule has 0 aromatic rings. The molecule has 0 aromatic carbocycles. The van der Waals surface area contributed by atoms with Crippen molar-refractivity contribution in [1.29, 1.82) is 0 Å². The number of thiol groups is 2. The van der Waals surface area contributed by atoms with Crippen molar-refractivity contribution >= 4 is 43.0 Å². The molecular weight excluding hydrogens is 218 g/mol.